The number of anilines is 1. The van der Waals surface area contributed by atoms with Gasteiger partial charge < -0.3 is 20.6 Å². The monoisotopic (exact) mass is 599 g/mol. The lowest BCUT2D eigenvalue weighted by Crippen LogP contribution is -2.56. The second kappa shape index (κ2) is 10.8. The molecule has 3 aliphatic rings. The molecule has 8 atom stereocenters. The molecule has 1 aromatic carbocycles. The number of fused-ring (bicyclic) bond motifs is 1. The van der Waals surface area contributed by atoms with Crippen molar-refractivity contribution in [2.75, 3.05) is 18.5 Å². The molecule has 0 aromatic heterocycles. The van der Waals surface area contributed by atoms with Crippen LogP contribution in [0.4, 0.5) is 5.69 Å². The Balaban J connectivity index is 1.80. The van der Waals surface area contributed by atoms with Crippen LogP contribution >= 0.6 is 39.3 Å². The molecule has 7 nitrogen and oxygen atoms in total. The number of carbonyl (C=O) groups is 3. The number of hydrogen-bond donors (Lipinski definition) is 3. The Kier molecular flexibility index (Phi) is 8.34. The molecule has 3 aliphatic heterocycles. The number of carbonyl (C=O) groups excluding carboxylic acids is 3. The van der Waals surface area contributed by atoms with Crippen LogP contribution in [0, 0.1) is 24.7 Å². The summed E-state index contributed by atoms with van der Waals surface area (Å²) in [5, 5.41) is 16.7. The maximum Gasteiger partial charge on any atom is 0.248 e. The van der Waals surface area contributed by atoms with Crippen molar-refractivity contribution in [2.24, 2.45) is 17.8 Å². The number of nitrogens with one attached hydrogen (secondary N) is 2. The lowest BCUT2D eigenvalue weighted by molar-refractivity contribution is -0.143. The van der Waals surface area contributed by atoms with Crippen LogP contribution in [0.2, 0.25) is 5.02 Å². The van der Waals surface area contributed by atoms with E-state index in [2.05, 4.69) is 26.6 Å². The second-order valence-corrected chi connectivity index (χ2v) is 13.4. The highest BCUT2D eigenvalue weighted by atomic mass is 79.9. The van der Waals surface area contributed by atoms with Crippen molar-refractivity contribution in [1.82, 2.24) is 10.2 Å². The minimum Gasteiger partial charge on any atom is -0.394 e. The molecule has 0 aliphatic carbocycles. The number of likely N-dealkylation sites (tertiary alicyclic amines) is 1. The number of nitrogens with zero attached hydrogens (tertiary/aromatic N) is 1. The molecule has 0 saturated carbocycles. The fraction of sp³-hybridized carbons (Fsp3) is 0.654. The number of aryl methyl sites for hydroxylation is 1. The van der Waals surface area contributed by atoms with Gasteiger partial charge in [0.05, 0.1) is 39.9 Å². The molecule has 2 bridgehead atoms. The van der Waals surface area contributed by atoms with E-state index in [0.29, 0.717) is 23.7 Å². The average Bonchev–Trinajstić information content (AvgIpc) is 3.44. The number of rotatable bonds is 9. The Morgan fingerprint density at radius 1 is 1.33 bits per heavy atom. The van der Waals surface area contributed by atoms with Gasteiger partial charge in [-0.15, -0.1) is 11.8 Å². The van der Waals surface area contributed by atoms with Crippen LogP contribution in [0.5, 0.6) is 0 Å². The zero-order chi connectivity index (χ0) is 26.4. The molecule has 36 heavy (non-hydrogen) atoms. The van der Waals surface area contributed by atoms with E-state index in [0.717, 1.165) is 18.4 Å². The third-order valence-electron chi connectivity index (χ3n) is 8.14. The number of hydrogen-bond acceptors (Lipinski definition) is 5. The first-order chi connectivity index (χ1) is 17.1. The van der Waals surface area contributed by atoms with E-state index in [1.165, 1.54) is 0 Å². The van der Waals surface area contributed by atoms with E-state index in [9.17, 15) is 19.5 Å². The van der Waals surface area contributed by atoms with Crippen molar-refractivity contribution >= 4 is 62.7 Å². The summed E-state index contributed by atoms with van der Waals surface area (Å²) < 4.78 is -0.774. The van der Waals surface area contributed by atoms with Crippen LogP contribution in [0.15, 0.2) is 18.2 Å². The van der Waals surface area contributed by atoms with Crippen molar-refractivity contribution in [3.63, 3.8) is 0 Å². The molecular formula is C26H35BrClN3O4S. The van der Waals surface area contributed by atoms with Crippen LogP contribution in [0.25, 0.3) is 0 Å². The Hall–Kier alpha value is -1.29. The Morgan fingerprint density at radius 2 is 2.06 bits per heavy atom. The summed E-state index contributed by atoms with van der Waals surface area (Å²) in [6, 6.07) is 4.04. The topological polar surface area (TPSA) is 98.7 Å². The molecule has 3 unspecified atom stereocenters. The van der Waals surface area contributed by atoms with Crippen molar-refractivity contribution in [3.05, 3.63) is 28.8 Å². The Bertz CT molecular complexity index is 1020. The average molecular weight is 601 g/mol. The van der Waals surface area contributed by atoms with Gasteiger partial charge in [0.15, 0.2) is 0 Å². The highest BCUT2D eigenvalue weighted by molar-refractivity contribution is 9.09. The molecule has 198 valence electrons. The molecule has 1 aromatic rings. The summed E-state index contributed by atoms with van der Waals surface area (Å²) in [6.07, 6.45) is 2.12. The van der Waals surface area contributed by atoms with Crippen molar-refractivity contribution in [3.8, 4) is 0 Å². The largest absolute Gasteiger partial charge is 0.394 e. The molecule has 1 spiro atoms. The number of thioether (sulfide) groups is 1. The van der Waals surface area contributed by atoms with Gasteiger partial charge in [0.25, 0.3) is 0 Å². The fourth-order valence-corrected chi connectivity index (χ4v) is 10.1. The number of aliphatic hydroxyl groups excluding tert-OH is 1. The highest BCUT2D eigenvalue weighted by Gasteiger charge is 2.76. The summed E-state index contributed by atoms with van der Waals surface area (Å²) in [6.45, 7) is 8.13. The number of aliphatic hydroxyl groups is 1. The Labute approximate surface area is 230 Å². The summed E-state index contributed by atoms with van der Waals surface area (Å²) in [7, 11) is 0. The zero-order valence-corrected chi connectivity index (χ0v) is 24.3. The van der Waals surface area contributed by atoms with E-state index in [-0.39, 0.29) is 40.3 Å². The van der Waals surface area contributed by atoms with Crippen LogP contribution < -0.4 is 10.6 Å². The fourth-order valence-electron chi connectivity index (χ4n) is 6.19. The van der Waals surface area contributed by atoms with Gasteiger partial charge in [-0.25, -0.2) is 0 Å². The number of amides is 3. The molecule has 3 N–H and O–H groups in total. The third kappa shape index (κ3) is 4.37. The summed E-state index contributed by atoms with van der Waals surface area (Å²) >= 11 is 11.8. The normalized spacial score (nSPS) is 32.4. The standard InChI is InChI=1S/C26H35BrClN3O4S/c1-5-10-29-23(33)18-19-25(35)31(17(12-32)13(3)6-2)22(26(19)11-15(27)21(18)36-26)24(34)30-20-14(4)8-7-9-16(20)28/h7-9,13,15,17-19,21-22,32H,5-6,10-12H2,1-4H3,(H,29,33)(H,30,34)/t13-,15?,17-,18-,19-,21-,22?,26?/m0/s1. The number of para-hydroxylation sites is 1. The summed E-state index contributed by atoms with van der Waals surface area (Å²) in [5.41, 5.74) is 1.34. The van der Waals surface area contributed by atoms with Crippen molar-refractivity contribution in [2.45, 2.75) is 73.9 Å². The molecular weight excluding hydrogens is 566 g/mol. The van der Waals surface area contributed by atoms with Gasteiger partial charge in [-0.3, -0.25) is 14.4 Å². The van der Waals surface area contributed by atoms with Gasteiger partial charge in [-0.1, -0.05) is 66.9 Å². The number of benzene rings is 1. The molecule has 3 heterocycles. The van der Waals surface area contributed by atoms with Crippen molar-refractivity contribution in [1.29, 1.82) is 0 Å². The van der Waals surface area contributed by atoms with Gasteiger partial charge in [0.2, 0.25) is 17.7 Å². The quantitative estimate of drug-likeness (QED) is 0.373. The van der Waals surface area contributed by atoms with Crippen LogP contribution in [-0.2, 0) is 14.4 Å². The maximum atomic E-state index is 14.2. The maximum absolute atomic E-state index is 14.2. The van der Waals surface area contributed by atoms with Gasteiger partial charge >= 0.3 is 0 Å². The molecule has 4 rings (SSSR count). The number of alkyl halides is 1. The van der Waals surface area contributed by atoms with Crippen molar-refractivity contribution < 1.29 is 19.5 Å². The lowest BCUT2D eigenvalue weighted by Gasteiger charge is -2.39. The summed E-state index contributed by atoms with van der Waals surface area (Å²) in [4.78, 5) is 43.2. The van der Waals surface area contributed by atoms with Crippen LogP contribution in [-0.4, -0.2) is 67.8 Å². The third-order valence-corrected chi connectivity index (χ3v) is 11.7. The van der Waals surface area contributed by atoms with Gasteiger partial charge in [0, 0.05) is 16.6 Å². The second-order valence-electron chi connectivity index (χ2n) is 10.3. The predicted octanol–water partition coefficient (Wildman–Crippen LogP) is 3.98. The van der Waals surface area contributed by atoms with Crippen LogP contribution in [0.1, 0.15) is 45.6 Å². The summed E-state index contributed by atoms with van der Waals surface area (Å²) in [5.74, 6) is -1.86. The van der Waals surface area contributed by atoms with E-state index in [4.69, 9.17) is 11.6 Å². The first-order valence-corrected chi connectivity index (χ1v) is 14.9. The van der Waals surface area contributed by atoms with E-state index >= 15 is 0 Å². The van der Waals surface area contributed by atoms with E-state index in [1.54, 1.807) is 22.7 Å². The highest BCUT2D eigenvalue weighted by Crippen LogP contribution is 2.68. The SMILES string of the molecule is CCCNC(=O)[C@H]1[C@H]2C(=O)N([C@@H](CO)[C@@H](C)CC)C(C(=O)Nc3c(C)cccc3Cl)C23CC(Br)[C@@H]1S3. The zero-order valence-electron chi connectivity index (χ0n) is 21.1. The smallest absolute Gasteiger partial charge is 0.248 e. The number of halogens is 2. The van der Waals surface area contributed by atoms with E-state index in [1.807, 2.05) is 39.8 Å². The van der Waals surface area contributed by atoms with Crippen LogP contribution in [0.3, 0.4) is 0 Å². The first kappa shape index (κ1) is 27.7. The molecule has 3 fully saturated rings. The first-order valence-electron chi connectivity index (χ1n) is 12.7. The van der Waals surface area contributed by atoms with Gasteiger partial charge in [0.1, 0.15) is 6.04 Å². The lowest BCUT2D eigenvalue weighted by atomic mass is 9.70. The van der Waals surface area contributed by atoms with E-state index < -0.39 is 28.7 Å². The molecule has 10 heteroatoms. The molecule has 3 amide bonds. The Morgan fingerprint density at radius 3 is 2.67 bits per heavy atom. The predicted molar refractivity (Wildman–Crippen MR) is 148 cm³/mol. The molecule has 0 radical (unpaired) electrons. The molecule has 3 saturated heterocycles. The van der Waals surface area contributed by atoms with Gasteiger partial charge in [-0.2, -0.15) is 0 Å². The minimum absolute atomic E-state index is 0.00241. The van der Waals surface area contributed by atoms with Gasteiger partial charge in [-0.05, 0) is 37.3 Å². The minimum atomic E-state index is -0.837.